The van der Waals surface area contributed by atoms with Gasteiger partial charge >= 0.3 is 0 Å². The van der Waals surface area contributed by atoms with Crippen LogP contribution in [0.4, 0.5) is 0 Å². The van der Waals surface area contributed by atoms with Crippen molar-refractivity contribution in [2.24, 2.45) is 4.99 Å². The van der Waals surface area contributed by atoms with Crippen LogP contribution >= 0.6 is 24.0 Å². The molecule has 0 bridgehead atoms. The van der Waals surface area contributed by atoms with E-state index in [2.05, 4.69) is 51.7 Å². The predicted octanol–water partition coefficient (Wildman–Crippen LogP) is 2.58. The highest BCUT2D eigenvalue weighted by atomic mass is 127. The Labute approximate surface area is 186 Å². The highest BCUT2D eigenvalue weighted by molar-refractivity contribution is 14.0. The molecule has 2 fully saturated rings. The zero-order valence-corrected chi connectivity index (χ0v) is 19.4. The van der Waals surface area contributed by atoms with Gasteiger partial charge in [0.25, 0.3) is 0 Å². The number of likely N-dealkylation sites (N-methyl/N-ethyl adjacent to an activating group) is 1. The van der Waals surface area contributed by atoms with Gasteiger partial charge in [0.15, 0.2) is 5.96 Å². The molecule has 1 aromatic carbocycles. The van der Waals surface area contributed by atoms with Gasteiger partial charge in [-0.15, -0.1) is 24.0 Å². The molecular formula is C21H34IN5O. The zero-order chi connectivity index (χ0) is 19.1. The van der Waals surface area contributed by atoms with Crippen LogP contribution in [0.15, 0.2) is 29.3 Å². The summed E-state index contributed by atoms with van der Waals surface area (Å²) in [6.07, 6.45) is 4.23. The molecule has 0 aromatic heterocycles. The van der Waals surface area contributed by atoms with Crippen molar-refractivity contribution in [1.29, 1.82) is 0 Å². The van der Waals surface area contributed by atoms with E-state index in [-0.39, 0.29) is 29.9 Å². The van der Waals surface area contributed by atoms with Gasteiger partial charge in [0.05, 0.1) is 0 Å². The number of guanidine groups is 1. The van der Waals surface area contributed by atoms with Crippen molar-refractivity contribution in [2.45, 2.75) is 51.7 Å². The minimum absolute atomic E-state index is 0. The number of hydrogen-bond acceptors (Lipinski definition) is 3. The molecule has 156 valence electrons. The predicted molar refractivity (Wildman–Crippen MR) is 125 cm³/mol. The number of hydrogen-bond donors (Lipinski definition) is 2. The van der Waals surface area contributed by atoms with Gasteiger partial charge in [-0.2, -0.15) is 0 Å². The second-order valence-corrected chi connectivity index (χ2v) is 7.47. The number of benzene rings is 1. The van der Waals surface area contributed by atoms with Crippen LogP contribution in [0.25, 0.3) is 0 Å². The van der Waals surface area contributed by atoms with Gasteiger partial charge in [-0.05, 0) is 43.5 Å². The van der Waals surface area contributed by atoms with E-state index in [1.165, 1.54) is 30.5 Å². The van der Waals surface area contributed by atoms with Crippen LogP contribution in [0.1, 0.15) is 43.7 Å². The van der Waals surface area contributed by atoms with E-state index in [1.807, 2.05) is 11.9 Å². The Bertz CT molecular complexity index is 666. The lowest BCUT2D eigenvalue weighted by molar-refractivity contribution is -0.128. The second-order valence-electron chi connectivity index (χ2n) is 7.47. The maximum Gasteiger partial charge on any atom is 0.222 e. The lowest BCUT2D eigenvalue weighted by atomic mass is 10.1. The summed E-state index contributed by atoms with van der Waals surface area (Å²) in [5, 5.41) is 6.88. The van der Waals surface area contributed by atoms with Crippen LogP contribution < -0.4 is 10.6 Å². The van der Waals surface area contributed by atoms with E-state index >= 15 is 0 Å². The fourth-order valence-corrected chi connectivity index (χ4v) is 4.09. The molecule has 2 aliphatic rings. The van der Waals surface area contributed by atoms with Crippen LogP contribution in [-0.4, -0.2) is 60.9 Å². The molecule has 0 saturated carbocycles. The van der Waals surface area contributed by atoms with Crippen molar-refractivity contribution in [3.8, 4) is 0 Å². The summed E-state index contributed by atoms with van der Waals surface area (Å²) >= 11 is 0. The first-order valence-corrected chi connectivity index (χ1v) is 10.2. The first-order chi connectivity index (χ1) is 13.2. The molecule has 2 N–H and O–H groups in total. The Balaban J connectivity index is 0.00000280. The van der Waals surface area contributed by atoms with E-state index in [0.717, 1.165) is 38.6 Å². The Morgan fingerprint density at radius 3 is 2.75 bits per heavy atom. The number of halogens is 1. The van der Waals surface area contributed by atoms with E-state index in [0.29, 0.717) is 19.0 Å². The van der Waals surface area contributed by atoms with Gasteiger partial charge in [-0.25, -0.2) is 0 Å². The molecule has 1 amide bonds. The summed E-state index contributed by atoms with van der Waals surface area (Å²) in [5.41, 5.74) is 2.40. The smallest absolute Gasteiger partial charge is 0.222 e. The third-order valence-corrected chi connectivity index (χ3v) is 5.63. The molecule has 2 aliphatic heterocycles. The molecule has 0 spiro atoms. The quantitative estimate of drug-likeness (QED) is 0.344. The largest absolute Gasteiger partial charge is 0.355 e. The molecule has 1 aromatic rings. The molecule has 0 radical (unpaired) electrons. The van der Waals surface area contributed by atoms with Crippen molar-refractivity contribution < 1.29 is 4.79 Å². The third kappa shape index (κ3) is 6.34. The van der Waals surface area contributed by atoms with Crippen LogP contribution in [0.2, 0.25) is 0 Å². The monoisotopic (exact) mass is 499 g/mol. The van der Waals surface area contributed by atoms with Crippen molar-refractivity contribution in [3.63, 3.8) is 0 Å². The summed E-state index contributed by atoms with van der Waals surface area (Å²) in [7, 11) is 1.82. The number of carbonyl (C=O) groups excluding carboxylic acids is 1. The van der Waals surface area contributed by atoms with Crippen LogP contribution in [0.3, 0.4) is 0 Å². The summed E-state index contributed by atoms with van der Waals surface area (Å²) in [6.45, 7) is 7.82. The fraction of sp³-hybridized carbons (Fsp3) is 0.619. The topological polar surface area (TPSA) is 60.0 Å². The van der Waals surface area contributed by atoms with Crippen molar-refractivity contribution in [2.75, 3.05) is 33.2 Å². The molecule has 6 nitrogen and oxygen atoms in total. The van der Waals surface area contributed by atoms with Crippen LogP contribution in [-0.2, 0) is 17.9 Å². The highest BCUT2D eigenvalue weighted by Gasteiger charge is 2.23. The average Bonchev–Trinajstić information content (AvgIpc) is 3.31. The number of nitrogens with zero attached hydrogens (tertiary/aromatic N) is 3. The van der Waals surface area contributed by atoms with Crippen molar-refractivity contribution >= 4 is 35.8 Å². The number of carbonyl (C=O) groups is 1. The van der Waals surface area contributed by atoms with Gasteiger partial charge in [0, 0.05) is 45.7 Å². The van der Waals surface area contributed by atoms with E-state index in [4.69, 9.17) is 0 Å². The second kappa shape index (κ2) is 11.6. The minimum atomic E-state index is 0. The van der Waals surface area contributed by atoms with Crippen LogP contribution in [0, 0.1) is 0 Å². The third-order valence-electron chi connectivity index (χ3n) is 5.63. The molecule has 0 aliphatic carbocycles. The van der Waals surface area contributed by atoms with E-state index < -0.39 is 0 Å². The number of rotatable bonds is 7. The molecule has 3 rings (SSSR count). The number of amides is 1. The van der Waals surface area contributed by atoms with E-state index in [1.54, 1.807) is 0 Å². The normalized spacial score (nSPS) is 20.4. The molecule has 2 saturated heterocycles. The Hall–Kier alpha value is -1.35. The van der Waals surface area contributed by atoms with Gasteiger partial charge in [0.2, 0.25) is 5.91 Å². The Morgan fingerprint density at radius 2 is 2.04 bits per heavy atom. The number of aliphatic imine (C=N–C) groups is 1. The average molecular weight is 499 g/mol. The van der Waals surface area contributed by atoms with Gasteiger partial charge in [-0.1, -0.05) is 31.2 Å². The molecular weight excluding hydrogens is 465 g/mol. The van der Waals surface area contributed by atoms with Gasteiger partial charge in [0.1, 0.15) is 0 Å². The molecule has 2 heterocycles. The van der Waals surface area contributed by atoms with Crippen molar-refractivity contribution in [1.82, 2.24) is 20.4 Å². The summed E-state index contributed by atoms with van der Waals surface area (Å²) in [5.74, 6) is 1.12. The van der Waals surface area contributed by atoms with E-state index in [9.17, 15) is 4.79 Å². The SMILES string of the molecule is CCN1CCCC1CNC(=NC)NCc1cccc(CN2CCCC2=O)c1.I. The first-order valence-electron chi connectivity index (χ1n) is 10.2. The van der Waals surface area contributed by atoms with Gasteiger partial charge < -0.3 is 15.5 Å². The highest BCUT2D eigenvalue weighted by Crippen LogP contribution is 2.16. The Morgan fingerprint density at radius 1 is 1.21 bits per heavy atom. The maximum atomic E-state index is 11.8. The minimum Gasteiger partial charge on any atom is -0.355 e. The summed E-state index contributed by atoms with van der Waals surface area (Å²) in [6, 6.07) is 9.07. The molecule has 28 heavy (non-hydrogen) atoms. The molecule has 1 unspecified atom stereocenters. The first kappa shape index (κ1) is 22.9. The lowest BCUT2D eigenvalue weighted by Gasteiger charge is -2.24. The fourth-order valence-electron chi connectivity index (χ4n) is 4.09. The standard InChI is InChI=1S/C21H33N5O.HI/c1-3-25-11-5-9-19(25)15-24-21(22-2)23-14-17-7-4-8-18(13-17)16-26-12-6-10-20(26)27;/h4,7-8,13,19H,3,5-6,9-12,14-16H2,1-2H3,(H2,22,23,24);1H. The Kier molecular flexibility index (Phi) is 9.50. The number of nitrogens with one attached hydrogen (secondary N) is 2. The molecule has 7 heteroatoms. The van der Waals surface area contributed by atoms with Crippen molar-refractivity contribution in [3.05, 3.63) is 35.4 Å². The van der Waals surface area contributed by atoms with Gasteiger partial charge in [-0.3, -0.25) is 14.7 Å². The summed E-state index contributed by atoms with van der Waals surface area (Å²) < 4.78 is 0. The zero-order valence-electron chi connectivity index (χ0n) is 17.1. The molecule has 1 atom stereocenters. The number of likely N-dealkylation sites (tertiary alicyclic amines) is 2. The summed E-state index contributed by atoms with van der Waals surface area (Å²) in [4.78, 5) is 20.7. The maximum absolute atomic E-state index is 11.8. The lowest BCUT2D eigenvalue weighted by Crippen LogP contribution is -2.44. The van der Waals surface area contributed by atoms with Crippen LogP contribution in [0.5, 0.6) is 0 Å².